The zero-order valence-electron chi connectivity index (χ0n) is 7.13. The maximum Gasteiger partial charge on any atom is 0.150 e. The number of nitrogens with zero attached hydrogens (tertiary/aromatic N) is 3. The van der Waals surface area contributed by atoms with Crippen LogP contribution >= 0.6 is 0 Å². The minimum atomic E-state index is -0.366. The molecule has 0 aromatic carbocycles. The van der Waals surface area contributed by atoms with Crippen LogP contribution in [-0.4, -0.2) is 39.9 Å². The maximum atomic E-state index is 8.44. The lowest BCUT2D eigenvalue weighted by Crippen LogP contribution is -2.20. The van der Waals surface area contributed by atoms with Gasteiger partial charge in [-0.05, 0) is 0 Å². The monoisotopic (exact) mass is 184 g/mol. The molecule has 0 spiro atoms. The molecule has 1 aromatic rings. The summed E-state index contributed by atoms with van der Waals surface area (Å²) in [5, 5.41) is 8.44. The summed E-state index contributed by atoms with van der Waals surface area (Å²) in [5.74, 6) is 0.493. The Balaban J connectivity index is 2.35. The van der Waals surface area contributed by atoms with Gasteiger partial charge in [0.1, 0.15) is 12.7 Å². The van der Waals surface area contributed by atoms with Crippen molar-refractivity contribution in [1.82, 2.24) is 15.0 Å². The van der Waals surface area contributed by atoms with E-state index in [4.69, 9.17) is 15.6 Å². The van der Waals surface area contributed by atoms with E-state index in [1.54, 1.807) is 0 Å². The molecule has 0 saturated carbocycles. The molecule has 1 heterocycles. The lowest BCUT2D eigenvalue weighted by molar-refractivity contribution is 0.0819. The standard InChI is InChI=1S/C7H12N4O2/c8-6(3-13-2-1-12)7-10-4-9-5-11-7/h4-6,12H,1-3,8H2. The van der Waals surface area contributed by atoms with Gasteiger partial charge in [-0.2, -0.15) is 0 Å². The fraction of sp³-hybridized carbons (Fsp3) is 0.571. The second kappa shape index (κ2) is 5.52. The van der Waals surface area contributed by atoms with Crippen LogP contribution in [0.3, 0.4) is 0 Å². The molecule has 1 aromatic heterocycles. The number of hydrogen-bond acceptors (Lipinski definition) is 6. The van der Waals surface area contributed by atoms with Gasteiger partial charge in [-0.25, -0.2) is 15.0 Å². The first kappa shape index (κ1) is 9.97. The molecule has 0 aliphatic carbocycles. The zero-order chi connectivity index (χ0) is 9.52. The molecular weight excluding hydrogens is 172 g/mol. The molecular formula is C7H12N4O2. The zero-order valence-corrected chi connectivity index (χ0v) is 7.13. The predicted octanol–water partition coefficient (Wildman–Crippen LogP) is -1.12. The Morgan fingerprint density at radius 3 is 2.77 bits per heavy atom. The van der Waals surface area contributed by atoms with E-state index in [1.807, 2.05) is 0 Å². The van der Waals surface area contributed by atoms with Crippen molar-refractivity contribution in [3.8, 4) is 0 Å². The predicted molar refractivity (Wildman–Crippen MR) is 44.7 cm³/mol. The summed E-state index contributed by atoms with van der Waals surface area (Å²) in [6.07, 6.45) is 2.77. The molecule has 0 aliphatic rings. The van der Waals surface area contributed by atoms with Crippen LogP contribution < -0.4 is 5.73 Å². The summed E-state index contributed by atoms with van der Waals surface area (Å²) in [6, 6.07) is -0.366. The SMILES string of the molecule is NC(COCCO)c1ncncn1. The molecule has 1 unspecified atom stereocenters. The van der Waals surface area contributed by atoms with Crippen molar-refractivity contribution >= 4 is 0 Å². The summed E-state index contributed by atoms with van der Waals surface area (Å²) in [5.41, 5.74) is 5.68. The molecule has 0 amide bonds. The largest absolute Gasteiger partial charge is 0.394 e. The molecule has 0 fully saturated rings. The third-order valence-corrected chi connectivity index (χ3v) is 1.38. The van der Waals surface area contributed by atoms with Crippen molar-refractivity contribution < 1.29 is 9.84 Å². The Labute approximate surface area is 75.8 Å². The van der Waals surface area contributed by atoms with Gasteiger partial charge in [-0.15, -0.1) is 0 Å². The van der Waals surface area contributed by atoms with E-state index in [0.29, 0.717) is 12.4 Å². The number of hydrogen-bond donors (Lipinski definition) is 2. The average Bonchev–Trinajstić information content (AvgIpc) is 2.19. The Hall–Kier alpha value is -1.11. The molecule has 1 atom stereocenters. The van der Waals surface area contributed by atoms with E-state index in [9.17, 15) is 0 Å². The highest BCUT2D eigenvalue weighted by atomic mass is 16.5. The molecule has 72 valence electrons. The van der Waals surface area contributed by atoms with Crippen LogP contribution in [0.4, 0.5) is 0 Å². The Morgan fingerprint density at radius 1 is 1.46 bits per heavy atom. The van der Waals surface area contributed by atoms with Crippen molar-refractivity contribution in [2.75, 3.05) is 19.8 Å². The minimum absolute atomic E-state index is 0.01000. The van der Waals surface area contributed by atoms with E-state index in [-0.39, 0.29) is 19.3 Å². The third kappa shape index (κ3) is 3.41. The highest BCUT2D eigenvalue weighted by molar-refractivity contribution is 4.89. The highest BCUT2D eigenvalue weighted by Crippen LogP contribution is 2.01. The van der Waals surface area contributed by atoms with Crippen molar-refractivity contribution in [2.24, 2.45) is 5.73 Å². The minimum Gasteiger partial charge on any atom is -0.394 e. The first-order valence-electron chi connectivity index (χ1n) is 3.90. The van der Waals surface area contributed by atoms with Gasteiger partial charge in [0.05, 0.1) is 25.9 Å². The second-order valence-corrected chi connectivity index (χ2v) is 2.40. The van der Waals surface area contributed by atoms with Gasteiger partial charge in [-0.3, -0.25) is 0 Å². The van der Waals surface area contributed by atoms with Gasteiger partial charge < -0.3 is 15.6 Å². The smallest absolute Gasteiger partial charge is 0.150 e. The van der Waals surface area contributed by atoms with Crippen LogP contribution in [0.15, 0.2) is 12.7 Å². The number of ether oxygens (including phenoxy) is 1. The van der Waals surface area contributed by atoms with E-state index in [1.165, 1.54) is 12.7 Å². The van der Waals surface area contributed by atoms with E-state index < -0.39 is 0 Å². The quantitative estimate of drug-likeness (QED) is 0.563. The van der Waals surface area contributed by atoms with E-state index in [0.717, 1.165) is 0 Å². The summed E-state index contributed by atoms with van der Waals surface area (Å²) >= 11 is 0. The Bertz CT molecular complexity index is 231. The number of rotatable bonds is 5. The van der Waals surface area contributed by atoms with Crippen LogP contribution in [0.25, 0.3) is 0 Å². The van der Waals surface area contributed by atoms with Gasteiger partial charge in [-0.1, -0.05) is 0 Å². The fourth-order valence-corrected chi connectivity index (χ4v) is 0.789. The van der Waals surface area contributed by atoms with Crippen molar-refractivity contribution in [2.45, 2.75) is 6.04 Å². The van der Waals surface area contributed by atoms with Crippen molar-refractivity contribution in [3.05, 3.63) is 18.5 Å². The van der Waals surface area contributed by atoms with E-state index >= 15 is 0 Å². The van der Waals surface area contributed by atoms with Gasteiger partial charge >= 0.3 is 0 Å². The summed E-state index contributed by atoms with van der Waals surface area (Å²) in [7, 11) is 0. The summed E-state index contributed by atoms with van der Waals surface area (Å²) < 4.78 is 5.02. The molecule has 0 bridgehead atoms. The number of aliphatic hydroxyl groups is 1. The molecule has 0 saturated heterocycles. The molecule has 3 N–H and O–H groups in total. The number of nitrogens with two attached hydrogens (primary N) is 1. The topological polar surface area (TPSA) is 94.2 Å². The first-order valence-corrected chi connectivity index (χ1v) is 3.90. The second-order valence-electron chi connectivity index (χ2n) is 2.40. The molecule has 13 heavy (non-hydrogen) atoms. The van der Waals surface area contributed by atoms with Crippen LogP contribution in [-0.2, 0) is 4.74 Å². The molecule has 0 aliphatic heterocycles. The lowest BCUT2D eigenvalue weighted by Gasteiger charge is -2.08. The van der Waals surface area contributed by atoms with E-state index in [2.05, 4.69) is 15.0 Å². The number of aliphatic hydroxyl groups excluding tert-OH is 1. The average molecular weight is 184 g/mol. The number of aromatic nitrogens is 3. The van der Waals surface area contributed by atoms with Crippen LogP contribution in [0.5, 0.6) is 0 Å². The lowest BCUT2D eigenvalue weighted by atomic mass is 10.3. The van der Waals surface area contributed by atoms with Gasteiger partial charge in [0.25, 0.3) is 0 Å². The third-order valence-electron chi connectivity index (χ3n) is 1.38. The van der Waals surface area contributed by atoms with Crippen LogP contribution in [0, 0.1) is 0 Å². The summed E-state index contributed by atoms with van der Waals surface area (Å²) in [6.45, 7) is 0.563. The fourth-order valence-electron chi connectivity index (χ4n) is 0.789. The normalized spacial score (nSPS) is 12.8. The van der Waals surface area contributed by atoms with Crippen molar-refractivity contribution in [1.29, 1.82) is 0 Å². The molecule has 1 rings (SSSR count). The van der Waals surface area contributed by atoms with Gasteiger partial charge in [0.2, 0.25) is 0 Å². The molecule has 6 heteroatoms. The Kier molecular flexibility index (Phi) is 4.24. The van der Waals surface area contributed by atoms with Crippen LogP contribution in [0.2, 0.25) is 0 Å². The van der Waals surface area contributed by atoms with Gasteiger partial charge in [0.15, 0.2) is 5.82 Å². The van der Waals surface area contributed by atoms with Gasteiger partial charge in [0, 0.05) is 0 Å². The first-order chi connectivity index (χ1) is 6.34. The molecule has 0 radical (unpaired) electrons. The maximum absolute atomic E-state index is 8.44. The Morgan fingerprint density at radius 2 is 2.15 bits per heavy atom. The molecule has 6 nitrogen and oxygen atoms in total. The van der Waals surface area contributed by atoms with Crippen molar-refractivity contribution in [3.63, 3.8) is 0 Å². The van der Waals surface area contributed by atoms with Crippen LogP contribution in [0.1, 0.15) is 11.9 Å². The highest BCUT2D eigenvalue weighted by Gasteiger charge is 2.07. The summed E-state index contributed by atoms with van der Waals surface area (Å²) in [4.78, 5) is 11.4.